The molecule has 1 amide bonds. The predicted octanol–water partition coefficient (Wildman–Crippen LogP) is 3.25. The van der Waals surface area contributed by atoms with E-state index in [0.29, 0.717) is 23.3 Å². The van der Waals surface area contributed by atoms with Crippen LogP contribution in [-0.4, -0.2) is 40.7 Å². The van der Waals surface area contributed by atoms with Gasteiger partial charge in [0, 0.05) is 31.0 Å². The standard InChI is InChI=1S/C19H20ClN5O2/c1-27-16-6-2-5-15(10-16)21-18(26)13-4-3-9-24(11-13)19-23-22-17-8-7-14(20)12-25(17)19/h2,5-8,10,12-13H,3-4,9,11H2,1H3,(H,21,26). The third kappa shape index (κ3) is 3.68. The summed E-state index contributed by atoms with van der Waals surface area (Å²) in [5.74, 6) is 1.30. The van der Waals surface area contributed by atoms with Gasteiger partial charge < -0.3 is 15.0 Å². The number of halogens is 1. The normalized spacial score (nSPS) is 17.1. The molecule has 0 spiro atoms. The number of carbonyl (C=O) groups is 1. The van der Waals surface area contributed by atoms with Gasteiger partial charge in [-0.1, -0.05) is 17.7 Å². The number of aromatic nitrogens is 3. The summed E-state index contributed by atoms with van der Waals surface area (Å²) in [6, 6.07) is 11.0. The Morgan fingerprint density at radius 2 is 2.19 bits per heavy atom. The average molecular weight is 386 g/mol. The van der Waals surface area contributed by atoms with Gasteiger partial charge in [-0.15, -0.1) is 10.2 Å². The van der Waals surface area contributed by atoms with E-state index in [4.69, 9.17) is 16.3 Å². The van der Waals surface area contributed by atoms with Gasteiger partial charge in [-0.2, -0.15) is 0 Å². The van der Waals surface area contributed by atoms with Crippen LogP contribution in [0.5, 0.6) is 5.75 Å². The van der Waals surface area contributed by atoms with E-state index < -0.39 is 0 Å². The number of benzene rings is 1. The maximum atomic E-state index is 12.8. The highest BCUT2D eigenvalue weighted by Crippen LogP contribution is 2.25. The van der Waals surface area contributed by atoms with Gasteiger partial charge in [0.25, 0.3) is 0 Å². The molecule has 3 aromatic rings. The number of hydrogen-bond donors (Lipinski definition) is 1. The van der Waals surface area contributed by atoms with Crippen LogP contribution in [0.25, 0.3) is 5.65 Å². The van der Waals surface area contributed by atoms with Gasteiger partial charge in [0.1, 0.15) is 5.75 Å². The minimum absolute atomic E-state index is 0.000179. The van der Waals surface area contributed by atoms with Crippen molar-refractivity contribution in [1.82, 2.24) is 14.6 Å². The Hall–Kier alpha value is -2.80. The molecule has 1 aromatic carbocycles. The summed E-state index contributed by atoms with van der Waals surface area (Å²) in [5.41, 5.74) is 1.47. The molecular formula is C19H20ClN5O2. The zero-order valence-corrected chi connectivity index (χ0v) is 15.7. The molecule has 1 atom stereocenters. The summed E-state index contributed by atoms with van der Waals surface area (Å²) in [5, 5.41) is 12.1. The average Bonchev–Trinajstić information content (AvgIpc) is 3.11. The Morgan fingerprint density at radius 3 is 3.04 bits per heavy atom. The molecule has 2 aromatic heterocycles. The number of rotatable bonds is 4. The largest absolute Gasteiger partial charge is 0.497 e. The first kappa shape index (κ1) is 17.6. The number of amides is 1. The van der Waals surface area contributed by atoms with Crippen molar-refractivity contribution in [1.29, 1.82) is 0 Å². The van der Waals surface area contributed by atoms with E-state index in [1.54, 1.807) is 19.4 Å². The molecule has 4 rings (SSSR count). The van der Waals surface area contributed by atoms with Crippen LogP contribution >= 0.6 is 11.6 Å². The lowest BCUT2D eigenvalue weighted by Crippen LogP contribution is -2.41. The van der Waals surface area contributed by atoms with Crippen molar-refractivity contribution in [2.75, 3.05) is 30.4 Å². The van der Waals surface area contributed by atoms with Crippen LogP contribution in [0.1, 0.15) is 12.8 Å². The Kier molecular flexibility index (Phi) is 4.85. The molecule has 8 heteroatoms. The van der Waals surface area contributed by atoms with E-state index in [0.717, 1.165) is 30.7 Å². The van der Waals surface area contributed by atoms with Crippen LogP contribution in [0, 0.1) is 5.92 Å². The zero-order chi connectivity index (χ0) is 18.8. The van der Waals surface area contributed by atoms with Crippen molar-refractivity contribution in [3.63, 3.8) is 0 Å². The summed E-state index contributed by atoms with van der Waals surface area (Å²) >= 11 is 6.11. The molecule has 1 aliphatic heterocycles. The van der Waals surface area contributed by atoms with Gasteiger partial charge >= 0.3 is 0 Å². The maximum Gasteiger partial charge on any atom is 0.231 e. The number of carbonyl (C=O) groups excluding carboxylic acids is 1. The second-order valence-electron chi connectivity index (χ2n) is 6.58. The molecule has 1 N–H and O–H groups in total. The highest BCUT2D eigenvalue weighted by atomic mass is 35.5. The molecule has 1 fully saturated rings. The molecule has 7 nitrogen and oxygen atoms in total. The summed E-state index contributed by atoms with van der Waals surface area (Å²) in [7, 11) is 1.61. The van der Waals surface area contributed by atoms with E-state index in [1.807, 2.05) is 34.7 Å². The lowest BCUT2D eigenvalue weighted by atomic mass is 9.97. The Labute approximate surface area is 161 Å². The van der Waals surface area contributed by atoms with Crippen LogP contribution in [-0.2, 0) is 4.79 Å². The molecule has 140 valence electrons. The highest BCUT2D eigenvalue weighted by Gasteiger charge is 2.28. The summed E-state index contributed by atoms with van der Waals surface area (Å²) in [6.45, 7) is 1.42. The first-order valence-electron chi connectivity index (χ1n) is 8.84. The Balaban J connectivity index is 1.50. The summed E-state index contributed by atoms with van der Waals surface area (Å²) in [6.07, 6.45) is 3.54. The number of hydrogen-bond acceptors (Lipinski definition) is 5. The molecule has 1 saturated heterocycles. The maximum absolute atomic E-state index is 12.8. The molecule has 0 saturated carbocycles. The summed E-state index contributed by atoms with van der Waals surface area (Å²) < 4.78 is 7.08. The smallest absolute Gasteiger partial charge is 0.231 e. The fourth-order valence-electron chi connectivity index (χ4n) is 3.39. The highest BCUT2D eigenvalue weighted by molar-refractivity contribution is 6.30. The number of anilines is 2. The van der Waals surface area contributed by atoms with E-state index in [9.17, 15) is 4.79 Å². The SMILES string of the molecule is COc1cccc(NC(=O)C2CCCN(c3nnc4ccc(Cl)cn34)C2)c1. The summed E-state index contributed by atoms with van der Waals surface area (Å²) in [4.78, 5) is 14.9. The second kappa shape index (κ2) is 7.44. The van der Waals surface area contributed by atoms with Crippen LogP contribution in [0.2, 0.25) is 5.02 Å². The van der Waals surface area contributed by atoms with E-state index in [2.05, 4.69) is 20.4 Å². The van der Waals surface area contributed by atoms with Crippen molar-refractivity contribution in [3.8, 4) is 5.75 Å². The monoisotopic (exact) mass is 385 g/mol. The number of ether oxygens (including phenoxy) is 1. The fourth-order valence-corrected chi connectivity index (χ4v) is 3.55. The third-order valence-electron chi connectivity index (χ3n) is 4.76. The topological polar surface area (TPSA) is 71.8 Å². The lowest BCUT2D eigenvalue weighted by molar-refractivity contribution is -0.120. The van der Waals surface area contributed by atoms with Crippen LogP contribution in [0.3, 0.4) is 0 Å². The number of methoxy groups -OCH3 is 1. The predicted molar refractivity (Wildman–Crippen MR) is 105 cm³/mol. The Bertz CT molecular complexity index is 974. The molecular weight excluding hydrogens is 366 g/mol. The van der Waals surface area contributed by atoms with E-state index in [1.165, 1.54) is 0 Å². The first-order valence-corrected chi connectivity index (χ1v) is 9.22. The molecule has 27 heavy (non-hydrogen) atoms. The number of pyridine rings is 1. The number of fused-ring (bicyclic) bond motifs is 1. The van der Waals surface area contributed by atoms with Crippen molar-refractivity contribution >= 4 is 34.8 Å². The third-order valence-corrected chi connectivity index (χ3v) is 4.98. The quantitative estimate of drug-likeness (QED) is 0.746. The molecule has 0 aliphatic carbocycles. The minimum Gasteiger partial charge on any atom is -0.497 e. The zero-order valence-electron chi connectivity index (χ0n) is 14.9. The molecule has 3 heterocycles. The van der Waals surface area contributed by atoms with Crippen molar-refractivity contribution in [3.05, 3.63) is 47.6 Å². The van der Waals surface area contributed by atoms with Gasteiger partial charge in [0.15, 0.2) is 5.65 Å². The van der Waals surface area contributed by atoms with Crippen LogP contribution < -0.4 is 15.0 Å². The lowest BCUT2D eigenvalue weighted by Gasteiger charge is -2.32. The van der Waals surface area contributed by atoms with Crippen molar-refractivity contribution < 1.29 is 9.53 Å². The van der Waals surface area contributed by atoms with Gasteiger partial charge in [-0.25, -0.2) is 0 Å². The van der Waals surface area contributed by atoms with Gasteiger partial charge in [-0.05, 0) is 37.1 Å². The number of nitrogens with zero attached hydrogens (tertiary/aromatic N) is 4. The fraction of sp³-hybridized carbons (Fsp3) is 0.316. The van der Waals surface area contributed by atoms with Crippen LogP contribution in [0.4, 0.5) is 11.6 Å². The van der Waals surface area contributed by atoms with Gasteiger partial charge in [0.2, 0.25) is 11.9 Å². The second-order valence-corrected chi connectivity index (χ2v) is 7.02. The van der Waals surface area contributed by atoms with Gasteiger partial charge in [0.05, 0.1) is 18.1 Å². The van der Waals surface area contributed by atoms with Crippen molar-refractivity contribution in [2.24, 2.45) is 5.92 Å². The van der Waals surface area contributed by atoms with Crippen molar-refractivity contribution in [2.45, 2.75) is 12.8 Å². The van der Waals surface area contributed by atoms with E-state index in [-0.39, 0.29) is 11.8 Å². The number of piperidine rings is 1. The molecule has 1 aliphatic rings. The molecule has 1 unspecified atom stereocenters. The first-order chi connectivity index (χ1) is 13.1. The van der Waals surface area contributed by atoms with Crippen LogP contribution in [0.15, 0.2) is 42.6 Å². The number of nitrogens with one attached hydrogen (secondary N) is 1. The molecule has 0 radical (unpaired) electrons. The van der Waals surface area contributed by atoms with Gasteiger partial charge in [-0.3, -0.25) is 9.20 Å². The Morgan fingerprint density at radius 1 is 1.30 bits per heavy atom. The van der Waals surface area contributed by atoms with E-state index >= 15 is 0 Å². The minimum atomic E-state index is -0.128. The molecule has 0 bridgehead atoms.